The summed E-state index contributed by atoms with van der Waals surface area (Å²) in [6, 6.07) is 8.02. The van der Waals surface area contributed by atoms with Gasteiger partial charge in [-0.1, -0.05) is 18.2 Å². The second-order valence-corrected chi connectivity index (χ2v) is 4.84. The summed E-state index contributed by atoms with van der Waals surface area (Å²) in [5.41, 5.74) is 1.55. The Kier molecular flexibility index (Phi) is 4.83. The third-order valence-electron chi connectivity index (χ3n) is 2.97. The monoisotopic (exact) mass is 324 g/mol. The molecule has 0 radical (unpaired) electrons. The van der Waals surface area contributed by atoms with Crippen LogP contribution in [-0.4, -0.2) is 12.6 Å². The van der Waals surface area contributed by atoms with Gasteiger partial charge in [0.2, 0.25) is 0 Å². The van der Waals surface area contributed by atoms with Gasteiger partial charge in [-0.3, -0.25) is 4.79 Å². The van der Waals surface area contributed by atoms with Crippen molar-refractivity contribution >= 4 is 18.4 Å². The molecular formula is C17H12F4O2. The van der Waals surface area contributed by atoms with Crippen molar-refractivity contribution in [2.75, 3.05) is 0 Å². The van der Waals surface area contributed by atoms with Gasteiger partial charge >= 0.3 is 6.36 Å². The number of benzene rings is 2. The lowest BCUT2D eigenvalue weighted by atomic mass is 10.1. The second kappa shape index (κ2) is 6.64. The predicted octanol–water partition coefficient (Wildman–Crippen LogP) is 5.02. The first-order valence-electron chi connectivity index (χ1n) is 6.57. The molecule has 0 N–H and O–H groups in total. The Morgan fingerprint density at radius 1 is 0.957 bits per heavy atom. The number of rotatable bonds is 4. The summed E-state index contributed by atoms with van der Waals surface area (Å²) >= 11 is 0. The number of hydrogen-bond acceptors (Lipinski definition) is 2. The fourth-order valence-electron chi connectivity index (χ4n) is 1.97. The lowest BCUT2D eigenvalue weighted by Crippen LogP contribution is -2.17. The SMILES string of the molecule is Cc1cc(/C=C/c2cc(C=O)cc(OC(F)(F)F)c2)ccc1F. The molecule has 2 nitrogen and oxygen atoms in total. The van der Waals surface area contributed by atoms with Crippen molar-refractivity contribution in [1.29, 1.82) is 0 Å². The van der Waals surface area contributed by atoms with E-state index in [1.54, 1.807) is 19.1 Å². The zero-order valence-electron chi connectivity index (χ0n) is 12.0. The Hall–Kier alpha value is -2.63. The molecule has 23 heavy (non-hydrogen) atoms. The summed E-state index contributed by atoms with van der Waals surface area (Å²) < 4.78 is 53.8. The van der Waals surface area contributed by atoms with Gasteiger partial charge < -0.3 is 4.74 Å². The van der Waals surface area contributed by atoms with Crippen LogP contribution in [-0.2, 0) is 0 Å². The average Bonchev–Trinajstić information content (AvgIpc) is 2.46. The van der Waals surface area contributed by atoms with E-state index >= 15 is 0 Å². The number of aryl methyl sites for hydroxylation is 1. The van der Waals surface area contributed by atoms with Crippen molar-refractivity contribution in [2.24, 2.45) is 0 Å². The van der Waals surface area contributed by atoms with Crippen molar-refractivity contribution in [3.05, 3.63) is 64.5 Å². The quantitative estimate of drug-likeness (QED) is 0.449. The summed E-state index contributed by atoms with van der Waals surface area (Å²) in [5.74, 6) is -0.817. The fraction of sp³-hybridized carbons (Fsp3) is 0.118. The van der Waals surface area contributed by atoms with E-state index in [1.807, 2.05) is 0 Å². The number of hydrogen-bond donors (Lipinski definition) is 0. The molecule has 0 heterocycles. The van der Waals surface area contributed by atoms with Gasteiger partial charge in [0.15, 0.2) is 0 Å². The molecule has 0 saturated carbocycles. The molecule has 0 aliphatic rings. The minimum Gasteiger partial charge on any atom is -0.406 e. The van der Waals surface area contributed by atoms with Crippen molar-refractivity contribution < 1.29 is 27.1 Å². The highest BCUT2D eigenvalue weighted by molar-refractivity contribution is 5.79. The summed E-state index contributed by atoms with van der Waals surface area (Å²) in [6.45, 7) is 1.61. The first kappa shape index (κ1) is 16.7. The van der Waals surface area contributed by atoms with Crippen LogP contribution in [0, 0.1) is 12.7 Å². The molecule has 0 unspecified atom stereocenters. The number of halogens is 4. The lowest BCUT2D eigenvalue weighted by Gasteiger charge is -2.10. The molecule has 120 valence electrons. The Labute approximate surface area is 130 Å². The van der Waals surface area contributed by atoms with Crippen LogP contribution < -0.4 is 4.74 Å². The Morgan fingerprint density at radius 3 is 2.22 bits per heavy atom. The van der Waals surface area contributed by atoms with Crippen LogP contribution in [0.4, 0.5) is 17.6 Å². The minimum absolute atomic E-state index is 0.0571. The maximum atomic E-state index is 13.2. The van der Waals surface area contributed by atoms with Gasteiger partial charge in [0.1, 0.15) is 17.9 Å². The van der Waals surface area contributed by atoms with Crippen LogP contribution in [0.5, 0.6) is 5.75 Å². The Bertz CT molecular complexity index is 749. The Balaban J connectivity index is 2.30. The molecular weight excluding hydrogens is 312 g/mol. The molecule has 0 spiro atoms. The van der Waals surface area contributed by atoms with Gasteiger partial charge in [0.25, 0.3) is 0 Å². The lowest BCUT2D eigenvalue weighted by molar-refractivity contribution is -0.274. The van der Waals surface area contributed by atoms with E-state index in [0.29, 0.717) is 23.0 Å². The first-order valence-corrected chi connectivity index (χ1v) is 6.57. The third-order valence-corrected chi connectivity index (χ3v) is 2.97. The second-order valence-electron chi connectivity index (χ2n) is 4.84. The van der Waals surface area contributed by atoms with Crippen LogP contribution in [0.25, 0.3) is 12.2 Å². The number of aldehydes is 1. The maximum absolute atomic E-state index is 13.2. The minimum atomic E-state index is -4.84. The summed E-state index contributed by atoms with van der Waals surface area (Å²) in [5, 5.41) is 0. The molecule has 2 rings (SSSR count). The van der Waals surface area contributed by atoms with Crippen LogP contribution >= 0.6 is 0 Å². The van der Waals surface area contributed by atoms with E-state index in [2.05, 4.69) is 4.74 Å². The zero-order chi connectivity index (χ0) is 17.0. The normalized spacial score (nSPS) is 11.7. The van der Waals surface area contributed by atoms with Gasteiger partial charge in [-0.15, -0.1) is 13.2 Å². The average molecular weight is 324 g/mol. The van der Waals surface area contributed by atoms with Crippen LogP contribution in [0.1, 0.15) is 27.0 Å². The molecule has 6 heteroatoms. The summed E-state index contributed by atoms with van der Waals surface area (Å²) in [6.07, 6.45) is -1.28. The van der Waals surface area contributed by atoms with Crippen molar-refractivity contribution in [3.8, 4) is 5.75 Å². The van der Waals surface area contributed by atoms with Gasteiger partial charge in [-0.05, 0) is 53.9 Å². The topological polar surface area (TPSA) is 26.3 Å². The molecule has 0 aromatic heterocycles. The molecule has 0 amide bonds. The molecule has 0 atom stereocenters. The summed E-state index contributed by atoms with van der Waals surface area (Å²) in [4.78, 5) is 10.8. The summed E-state index contributed by atoms with van der Waals surface area (Å²) in [7, 11) is 0. The molecule has 0 aliphatic heterocycles. The van der Waals surface area contributed by atoms with E-state index in [9.17, 15) is 22.4 Å². The maximum Gasteiger partial charge on any atom is 0.573 e. The number of carbonyl (C=O) groups excluding carboxylic acids is 1. The van der Waals surface area contributed by atoms with Crippen molar-refractivity contribution in [3.63, 3.8) is 0 Å². The van der Waals surface area contributed by atoms with Crippen LogP contribution in [0.15, 0.2) is 36.4 Å². The van der Waals surface area contributed by atoms with Gasteiger partial charge in [-0.2, -0.15) is 0 Å². The zero-order valence-corrected chi connectivity index (χ0v) is 12.0. The van der Waals surface area contributed by atoms with E-state index < -0.39 is 12.1 Å². The van der Waals surface area contributed by atoms with E-state index in [1.165, 1.54) is 24.3 Å². The molecule has 2 aromatic rings. The van der Waals surface area contributed by atoms with Gasteiger partial charge in [0.05, 0.1) is 0 Å². The molecule has 0 aliphatic carbocycles. The molecule has 0 saturated heterocycles. The van der Waals surface area contributed by atoms with E-state index in [4.69, 9.17) is 0 Å². The Morgan fingerprint density at radius 2 is 1.61 bits per heavy atom. The van der Waals surface area contributed by atoms with Crippen LogP contribution in [0.3, 0.4) is 0 Å². The molecule has 0 bridgehead atoms. The van der Waals surface area contributed by atoms with Crippen molar-refractivity contribution in [1.82, 2.24) is 0 Å². The standard InChI is InChI=1S/C17H12F4O2/c1-11-6-12(4-5-16(11)18)2-3-13-7-14(10-22)9-15(8-13)23-17(19,20)21/h2-10H,1H3/b3-2+. The van der Waals surface area contributed by atoms with Crippen molar-refractivity contribution in [2.45, 2.75) is 13.3 Å². The van der Waals surface area contributed by atoms with Crippen LogP contribution in [0.2, 0.25) is 0 Å². The van der Waals surface area contributed by atoms with E-state index in [0.717, 1.165) is 12.1 Å². The molecule has 0 fully saturated rings. The number of alkyl halides is 3. The number of ether oxygens (including phenoxy) is 1. The fourth-order valence-corrected chi connectivity index (χ4v) is 1.97. The first-order chi connectivity index (χ1) is 10.8. The highest BCUT2D eigenvalue weighted by atomic mass is 19.4. The highest BCUT2D eigenvalue weighted by Crippen LogP contribution is 2.25. The van der Waals surface area contributed by atoms with Gasteiger partial charge in [-0.25, -0.2) is 4.39 Å². The molecule has 2 aromatic carbocycles. The largest absolute Gasteiger partial charge is 0.573 e. The van der Waals surface area contributed by atoms with E-state index in [-0.39, 0.29) is 11.4 Å². The third kappa shape index (κ3) is 4.95. The highest BCUT2D eigenvalue weighted by Gasteiger charge is 2.31. The smallest absolute Gasteiger partial charge is 0.406 e. The number of carbonyl (C=O) groups is 1. The van der Waals surface area contributed by atoms with Gasteiger partial charge in [0, 0.05) is 5.56 Å². The predicted molar refractivity (Wildman–Crippen MR) is 78.6 cm³/mol.